The fourth-order valence-corrected chi connectivity index (χ4v) is 3.37. The molecule has 0 spiro atoms. The van der Waals surface area contributed by atoms with Gasteiger partial charge in [0.05, 0.1) is 0 Å². The molecule has 2 nitrogen and oxygen atoms in total. The van der Waals surface area contributed by atoms with E-state index in [1.165, 1.54) is 18.4 Å². The van der Waals surface area contributed by atoms with Crippen LogP contribution in [0.4, 0.5) is 4.39 Å². The van der Waals surface area contributed by atoms with Crippen molar-refractivity contribution in [2.45, 2.75) is 45.7 Å². The minimum atomic E-state index is -0.168. The summed E-state index contributed by atoms with van der Waals surface area (Å²) in [6, 6.07) is 5.87. The van der Waals surface area contributed by atoms with Crippen molar-refractivity contribution < 1.29 is 4.39 Å². The van der Waals surface area contributed by atoms with Crippen molar-refractivity contribution in [3.8, 4) is 0 Å². The summed E-state index contributed by atoms with van der Waals surface area (Å²) >= 11 is 0. The van der Waals surface area contributed by atoms with E-state index < -0.39 is 0 Å². The van der Waals surface area contributed by atoms with E-state index in [-0.39, 0.29) is 11.9 Å². The van der Waals surface area contributed by atoms with Gasteiger partial charge in [-0.25, -0.2) is 4.39 Å². The Balaban J connectivity index is 2.28. The van der Waals surface area contributed by atoms with Gasteiger partial charge in [-0.15, -0.1) is 0 Å². The van der Waals surface area contributed by atoms with Gasteiger partial charge in [-0.3, -0.25) is 4.90 Å². The lowest BCUT2D eigenvalue weighted by Crippen LogP contribution is -2.40. The summed E-state index contributed by atoms with van der Waals surface area (Å²) in [4.78, 5) is 2.52. The van der Waals surface area contributed by atoms with Crippen molar-refractivity contribution in [2.75, 3.05) is 13.1 Å². The Bertz CT molecular complexity index is 431. The first-order valence-electron chi connectivity index (χ1n) is 7.26. The van der Waals surface area contributed by atoms with Crippen LogP contribution in [0.5, 0.6) is 0 Å². The van der Waals surface area contributed by atoms with Crippen LogP contribution in [0.2, 0.25) is 0 Å². The van der Waals surface area contributed by atoms with Gasteiger partial charge in [0.15, 0.2) is 0 Å². The number of likely N-dealkylation sites (tertiary alicyclic amines) is 1. The summed E-state index contributed by atoms with van der Waals surface area (Å²) in [5.74, 6) is 0.469. The van der Waals surface area contributed by atoms with Crippen LogP contribution < -0.4 is 5.73 Å². The lowest BCUT2D eigenvalue weighted by Gasteiger charge is -2.35. The second kappa shape index (κ2) is 6.02. The van der Waals surface area contributed by atoms with Crippen LogP contribution in [0, 0.1) is 18.7 Å². The maximum absolute atomic E-state index is 13.3. The van der Waals surface area contributed by atoms with Gasteiger partial charge in [0.25, 0.3) is 0 Å². The molecular formula is C16H25FN2. The zero-order chi connectivity index (χ0) is 14.0. The Labute approximate surface area is 115 Å². The van der Waals surface area contributed by atoms with Crippen LogP contribution in [-0.4, -0.2) is 24.0 Å². The number of benzene rings is 1. The Morgan fingerprint density at radius 3 is 2.74 bits per heavy atom. The van der Waals surface area contributed by atoms with E-state index in [0.717, 1.165) is 12.1 Å². The molecule has 0 aromatic heterocycles. The number of hydrogen-bond donors (Lipinski definition) is 1. The summed E-state index contributed by atoms with van der Waals surface area (Å²) in [6.45, 7) is 8.21. The van der Waals surface area contributed by atoms with Gasteiger partial charge in [0.2, 0.25) is 0 Å². The maximum Gasteiger partial charge on any atom is 0.123 e. The quantitative estimate of drug-likeness (QED) is 0.904. The molecule has 19 heavy (non-hydrogen) atoms. The molecular weight excluding hydrogens is 239 g/mol. The number of hydrogen-bond acceptors (Lipinski definition) is 2. The first-order valence-corrected chi connectivity index (χ1v) is 7.26. The third-order valence-corrected chi connectivity index (χ3v) is 4.33. The van der Waals surface area contributed by atoms with E-state index >= 15 is 0 Å². The van der Waals surface area contributed by atoms with Crippen molar-refractivity contribution in [3.05, 3.63) is 35.1 Å². The van der Waals surface area contributed by atoms with Gasteiger partial charge in [0.1, 0.15) is 5.82 Å². The van der Waals surface area contributed by atoms with Gasteiger partial charge in [0, 0.05) is 18.6 Å². The minimum Gasteiger partial charge on any atom is -0.329 e. The van der Waals surface area contributed by atoms with Gasteiger partial charge >= 0.3 is 0 Å². The summed E-state index contributed by atoms with van der Waals surface area (Å²) in [7, 11) is 0. The standard InChI is InChI=1S/C16H25FN2/c1-11(2)15-5-4-8-19(15)16(10-18)14-7-6-13(17)9-12(14)3/h6-7,9,11,15-16H,4-5,8,10,18H2,1-3H3. The second-order valence-electron chi connectivity index (χ2n) is 5.94. The molecule has 1 saturated heterocycles. The Morgan fingerprint density at radius 1 is 1.42 bits per heavy atom. The topological polar surface area (TPSA) is 29.3 Å². The number of nitrogens with zero attached hydrogens (tertiary/aromatic N) is 1. The Hall–Kier alpha value is -0.930. The fourth-order valence-electron chi connectivity index (χ4n) is 3.37. The number of nitrogens with two attached hydrogens (primary N) is 1. The lowest BCUT2D eigenvalue weighted by atomic mass is 9.96. The zero-order valence-corrected chi connectivity index (χ0v) is 12.2. The van der Waals surface area contributed by atoms with Crippen LogP contribution in [0.25, 0.3) is 0 Å². The molecule has 1 aromatic rings. The van der Waals surface area contributed by atoms with E-state index in [1.807, 2.05) is 13.0 Å². The maximum atomic E-state index is 13.3. The summed E-state index contributed by atoms with van der Waals surface area (Å²) in [5, 5.41) is 0. The molecule has 0 amide bonds. The molecule has 3 heteroatoms. The third kappa shape index (κ3) is 2.98. The second-order valence-corrected chi connectivity index (χ2v) is 5.94. The van der Waals surface area contributed by atoms with E-state index in [1.54, 1.807) is 12.1 Å². The highest BCUT2D eigenvalue weighted by Crippen LogP contribution is 2.33. The first-order chi connectivity index (χ1) is 9.04. The molecule has 0 bridgehead atoms. The van der Waals surface area contributed by atoms with E-state index in [4.69, 9.17) is 5.73 Å². The SMILES string of the molecule is Cc1cc(F)ccc1C(CN)N1CCCC1C(C)C. The molecule has 2 atom stereocenters. The van der Waals surface area contributed by atoms with Crippen molar-refractivity contribution >= 4 is 0 Å². The van der Waals surface area contributed by atoms with Crippen LogP contribution in [0.15, 0.2) is 18.2 Å². The highest BCUT2D eigenvalue weighted by atomic mass is 19.1. The Kier molecular flexibility index (Phi) is 4.58. The molecule has 106 valence electrons. The predicted octanol–water partition coefficient (Wildman–Crippen LogP) is 3.25. The van der Waals surface area contributed by atoms with Crippen LogP contribution >= 0.6 is 0 Å². The lowest BCUT2D eigenvalue weighted by molar-refractivity contribution is 0.149. The average Bonchev–Trinajstić information content (AvgIpc) is 2.82. The van der Waals surface area contributed by atoms with E-state index in [0.29, 0.717) is 18.5 Å². The highest BCUT2D eigenvalue weighted by Gasteiger charge is 2.33. The monoisotopic (exact) mass is 264 g/mol. The highest BCUT2D eigenvalue weighted by molar-refractivity contribution is 5.30. The average molecular weight is 264 g/mol. The smallest absolute Gasteiger partial charge is 0.123 e. The molecule has 1 heterocycles. The molecule has 1 aliphatic rings. The van der Waals surface area contributed by atoms with Crippen molar-refractivity contribution in [2.24, 2.45) is 11.7 Å². The van der Waals surface area contributed by atoms with E-state index in [9.17, 15) is 4.39 Å². The molecule has 2 unspecified atom stereocenters. The number of aryl methyl sites for hydroxylation is 1. The summed E-state index contributed by atoms with van der Waals surface area (Å²) in [6.07, 6.45) is 2.48. The normalized spacial score (nSPS) is 22.1. The molecule has 0 radical (unpaired) electrons. The third-order valence-electron chi connectivity index (χ3n) is 4.33. The zero-order valence-electron chi connectivity index (χ0n) is 12.2. The van der Waals surface area contributed by atoms with Gasteiger partial charge in [-0.1, -0.05) is 19.9 Å². The summed E-state index contributed by atoms with van der Waals surface area (Å²) in [5.41, 5.74) is 8.20. The molecule has 1 fully saturated rings. The van der Waals surface area contributed by atoms with Crippen LogP contribution in [0.1, 0.15) is 43.9 Å². The molecule has 2 rings (SSSR count). The van der Waals surface area contributed by atoms with Crippen molar-refractivity contribution in [1.82, 2.24) is 4.90 Å². The molecule has 0 aliphatic carbocycles. The first kappa shape index (κ1) is 14.5. The number of rotatable bonds is 4. The van der Waals surface area contributed by atoms with Gasteiger partial charge in [-0.2, -0.15) is 0 Å². The van der Waals surface area contributed by atoms with Crippen LogP contribution in [-0.2, 0) is 0 Å². The van der Waals surface area contributed by atoms with Crippen LogP contribution in [0.3, 0.4) is 0 Å². The summed E-state index contributed by atoms with van der Waals surface area (Å²) < 4.78 is 13.3. The van der Waals surface area contributed by atoms with Crippen molar-refractivity contribution in [1.29, 1.82) is 0 Å². The molecule has 2 N–H and O–H groups in total. The molecule has 1 aromatic carbocycles. The van der Waals surface area contributed by atoms with Crippen molar-refractivity contribution in [3.63, 3.8) is 0 Å². The fraction of sp³-hybridized carbons (Fsp3) is 0.625. The Morgan fingerprint density at radius 2 is 2.16 bits per heavy atom. The predicted molar refractivity (Wildman–Crippen MR) is 77.5 cm³/mol. The molecule has 0 saturated carbocycles. The van der Waals surface area contributed by atoms with Gasteiger partial charge < -0.3 is 5.73 Å². The molecule has 1 aliphatic heterocycles. The van der Waals surface area contributed by atoms with E-state index in [2.05, 4.69) is 18.7 Å². The minimum absolute atomic E-state index is 0.168. The number of halogens is 1. The van der Waals surface area contributed by atoms with Gasteiger partial charge in [-0.05, 0) is 55.5 Å². The largest absolute Gasteiger partial charge is 0.329 e.